The van der Waals surface area contributed by atoms with Crippen LogP contribution in [0.1, 0.15) is 20.7 Å². The van der Waals surface area contributed by atoms with Gasteiger partial charge in [0.25, 0.3) is 11.4 Å². The third kappa shape index (κ3) is 3.42. The molecule has 0 aliphatic carbocycles. The van der Waals surface area contributed by atoms with Crippen LogP contribution >= 0.6 is 0 Å². The van der Waals surface area contributed by atoms with Gasteiger partial charge in [-0.25, -0.2) is 9.59 Å². The zero-order valence-electron chi connectivity index (χ0n) is 12.7. The van der Waals surface area contributed by atoms with E-state index in [0.29, 0.717) is 0 Å². The van der Waals surface area contributed by atoms with Crippen LogP contribution in [0.15, 0.2) is 36.4 Å². The predicted octanol–water partition coefficient (Wildman–Crippen LogP) is 2.65. The Morgan fingerprint density at radius 3 is 1.76 bits per heavy atom. The van der Waals surface area contributed by atoms with E-state index in [0.717, 1.165) is 37.4 Å². The van der Waals surface area contributed by atoms with Crippen molar-refractivity contribution in [1.82, 2.24) is 0 Å². The van der Waals surface area contributed by atoms with Crippen molar-refractivity contribution in [2.24, 2.45) is 0 Å². The van der Waals surface area contributed by atoms with Crippen LogP contribution in [0.5, 0.6) is 0 Å². The Morgan fingerprint density at radius 2 is 1.36 bits per heavy atom. The van der Waals surface area contributed by atoms with Crippen molar-refractivity contribution in [3.63, 3.8) is 0 Å². The first kappa shape index (κ1) is 17.5. The fourth-order valence-corrected chi connectivity index (χ4v) is 2.22. The van der Waals surface area contributed by atoms with Crippen molar-refractivity contribution in [2.75, 3.05) is 7.11 Å². The Balaban J connectivity index is 2.77. The number of carbonyl (C=O) groups excluding carboxylic acids is 1. The highest BCUT2D eigenvalue weighted by molar-refractivity contribution is 6.03. The predicted molar refractivity (Wildman–Crippen MR) is 83.5 cm³/mol. The molecular weight excluding hydrogens is 336 g/mol. The lowest BCUT2D eigenvalue weighted by molar-refractivity contribution is -0.385. The first-order valence-electron chi connectivity index (χ1n) is 6.65. The largest absolute Gasteiger partial charge is 0.478 e. The topological polar surface area (TPSA) is 150 Å². The number of carboxylic acid groups (broad SMARTS) is 1. The molecule has 0 heterocycles. The van der Waals surface area contributed by atoms with Gasteiger partial charge >= 0.3 is 11.9 Å². The molecule has 10 heteroatoms. The molecule has 0 aliphatic rings. The molecule has 2 aromatic carbocycles. The summed E-state index contributed by atoms with van der Waals surface area (Å²) >= 11 is 0. The Labute approximate surface area is 139 Å². The van der Waals surface area contributed by atoms with Crippen molar-refractivity contribution in [3.05, 3.63) is 67.8 Å². The van der Waals surface area contributed by atoms with Gasteiger partial charge in [-0.15, -0.1) is 0 Å². The molecule has 0 spiro atoms. The number of hydrogen-bond acceptors (Lipinski definition) is 7. The normalized spacial score (nSPS) is 10.1. The molecule has 1 N–H and O–H groups in total. The van der Waals surface area contributed by atoms with Gasteiger partial charge in [-0.1, -0.05) is 0 Å². The molecule has 128 valence electrons. The Kier molecular flexibility index (Phi) is 4.73. The third-order valence-electron chi connectivity index (χ3n) is 3.35. The van der Waals surface area contributed by atoms with Gasteiger partial charge in [0, 0.05) is 24.3 Å². The quantitative estimate of drug-likeness (QED) is 0.493. The minimum absolute atomic E-state index is 0.00611. The molecule has 0 radical (unpaired) electrons. The average Bonchev–Trinajstić information content (AvgIpc) is 2.59. The molecule has 0 fully saturated rings. The maximum Gasteiger partial charge on any atom is 0.338 e. The summed E-state index contributed by atoms with van der Waals surface area (Å²) in [5.41, 5.74) is -1.44. The number of ether oxygens (including phenoxy) is 1. The average molecular weight is 346 g/mol. The number of hydrogen-bond donors (Lipinski definition) is 1. The zero-order valence-corrected chi connectivity index (χ0v) is 12.7. The van der Waals surface area contributed by atoms with Gasteiger partial charge in [-0.3, -0.25) is 20.2 Å². The van der Waals surface area contributed by atoms with Crippen molar-refractivity contribution in [2.45, 2.75) is 0 Å². The van der Waals surface area contributed by atoms with Crippen LogP contribution in [-0.4, -0.2) is 34.0 Å². The van der Waals surface area contributed by atoms with Gasteiger partial charge < -0.3 is 9.84 Å². The number of benzene rings is 2. The van der Waals surface area contributed by atoms with E-state index in [1.165, 1.54) is 6.07 Å². The number of nitrogens with zero attached hydrogens (tertiary/aromatic N) is 2. The van der Waals surface area contributed by atoms with E-state index in [1.54, 1.807) is 0 Å². The van der Waals surface area contributed by atoms with E-state index < -0.39 is 33.0 Å². The van der Waals surface area contributed by atoms with Gasteiger partial charge in [0.05, 0.1) is 28.1 Å². The molecular formula is C15H10N2O8. The minimum Gasteiger partial charge on any atom is -0.478 e. The van der Waals surface area contributed by atoms with Crippen LogP contribution in [0.2, 0.25) is 0 Å². The second-order valence-electron chi connectivity index (χ2n) is 4.77. The van der Waals surface area contributed by atoms with Crippen LogP contribution in [0.4, 0.5) is 11.4 Å². The van der Waals surface area contributed by atoms with Crippen LogP contribution in [0.3, 0.4) is 0 Å². The SMILES string of the molecule is COC(=O)c1cc([N+](=O)[O-])ccc1-c1ccc([N+](=O)[O-])cc1C(=O)O. The molecule has 0 amide bonds. The number of carboxylic acids is 1. The minimum atomic E-state index is -1.45. The Bertz CT molecular complexity index is 906. The lowest BCUT2D eigenvalue weighted by Crippen LogP contribution is -2.07. The first-order chi connectivity index (χ1) is 11.8. The Hall–Kier alpha value is -3.82. The zero-order chi connectivity index (χ0) is 18.7. The van der Waals surface area contributed by atoms with Crippen LogP contribution < -0.4 is 0 Å². The number of methoxy groups -OCH3 is 1. The first-order valence-corrected chi connectivity index (χ1v) is 6.65. The molecule has 0 atom stereocenters. The van der Waals surface area contributed by atoms with Gasteiger partial charge in [0.2, 0.25) is 0 Å². The molecule has 0 saturated carbocycles. The Morgan fingerprint density at radius 1 is 0.920 bits per heavy atom. The number of non-ortho nitro benzene ring substituents is 2. The number of aromatic carboxylic acids is 1. The van der Waals surface area contributed by atoms with E-state index >= 15 is 0 Å². The smallest absolute Gasteiger partial charge is 0.338 e. The highest BCUT2D eigenvalue weighted by atomic mass is 16.6. The van der Waals surface area contributed by atoms with Crippen LogP contribution in [0, 0.1) is 20.2 Å². The molecule has 25 heavy (non-hydrogen) atoms. The summed E-state index contributed by atoms with van der Waals surface area (Å²) in [5, 5.41) is 31.0. The molecule has 2 aromatic rings. The standard InChI is InChI=1S/C15H10N2O8/c1-25-15(20)13-7-9(17(23)24)3-5-11(13)10-4-2-8(16(21)22)6-12(10)14(18)19/h2-7H,1H3,(H,18,19). The lowest BCUT2D eigenvalue weighted by Gasteiger charge is -2.11. The maximum absolute atomic E-state index is 11.9. The summed E-state index contributed by atoms with van der Waals surface area (Å²) in [6, 6.07) is 6.32. The highest BCUT2D eigenvalue weighted by Gasteiger charge is 2.23. The van der Waals surface area contributed by atoms with E-state index in [-0.39, 0.29) is 22.4 Å². The van der Waals surface area contributed by atoms with E-state index in [9.17, 15) is 34.9 Å². The molecule has 0 aliphatic heterocycles. The molecule has 0 unspecified atom stereocenters. The van der Waals surface area contributed by atoms with Gasteiger partial charge in [-0.2, -0.15) is 0 Å². The van der Waals surface area contributed by atoms with E-state index in [2.05, 4.69) is 4.74 Å². The number of nitro groups is 2. The second-order valence-corrected chi connectivity index (χ2v) is 4.77. The van der Waals surface area contributed by atoms with Gasteiger partial charge in [-0.05, 0) is 23.3 Å². The molecule has 0 aromatic heterocycles. The van der Waals surface area contributed by atoms with Crippen molar-refractivity contribution in [3.8, 4) is 11.1 Å². The monoisotopic (exact) mass is 346 g/mol. The molecule has 10 nitrogen and oxygen atoms in total. The number of nitro benzene ring substituents is 2. The lowest BCUT2D eigenvalue weighted by atomic mass is 9.94. The number of esters is 1. The maximum atomic E-state index is 11.9. The van der Waals surface area contributed by atoms with E-state index in [1.807, 2.05) is 0 Å². The highest BCUT2D eigenvalue weighted by Crippen LogP contribution is 2.32. The summed E-state index contributed by atoms with van der Waals surface area (Å²) in [6.07, 6.45) is 0. The number of rotatable bonds is 5. The molecule has 2 rings (SSSR count). The summed E-state index contributed by atoms with van der Waals surface area (Å²) in [5.74, 6) is -2.36. The molecule has 0 bridgehead atoms. The summed E-state index contributed by atoms with van der Waals surface area (Å²) in [4.78, 5) is 43.6. The van der Waals surface area contributed by atoms with Crippen LogP contribution in [-0.2, 0) is 4.74 Å². The fourth-order valence-electron chi connectivity index (χ4n) is 2.22. The molecule has 0 saturated heterocycles. The van der Waals surface area contributed by atoms with Gasteiger partial charge in [0.15, 0.2) is 0 Å². The second kappa shape index (κ2) is 6.74. The van der Waals surface area contributed by atoms with Crippen molar-refractivity contribution >= 4 is 23.3 Å². The summed E-state index contributed by atoms with van der Waals surface area (Å²) < 4.78 is 4.58. The summed E-state index contributed by atoms with van der Waals surface area (Å²) in [6.45, 7) is 0. The van der Waals surface area contributed by atoms with Gasteiger partial charge in [0.1, 0.15) is 0 Å². The van der Waals surface area contributed by atoms with Crippen molar-refractivity contribution < 1.29 is 29.3 Å². The summed E-state index contributed by atoms with van der Waals surface area (Å²) in [7, 11) is 1.07. The van der Waals surface area contributed by atoms with E-state index in [4.69, 9.17) is 0 Å². The van der Waals surface area contributed by atoms with Crippen molar-refractivity contribution in [1.29, 1.82) is 0 Å². The fraction of sp³-hybridized carbons (Fsp3) is 0.0667. The van der Waals surface area contributed by atoms with Crippen LogP contribution in [0.25, 0.3) is 11.1 Å². The third-order valence-corrected chi connectivity index (χ3v) is 3.35. The number of carbonyl (C=O) groups is 2.